The van der Waals surface area contributed by atoms with E-state index in [-0.39, 0.29) is 5.91 Å². The smallest absolute Gasteiger partial charge is 0.331 e. The molecule has 0 aromatic rings. The van der Waals surface area contributed by atoms with Gasteiger partial charge in [0.1, 0.15) is 5.54 Å². The first-order chi connectivity index (χ1) is 7.35. The molecule has 0 radical (unpaired) electrons. The summed E-state index contributed by atoms with van der Waals surface area (Å²) in [6, 6.07) is -0.571. The number of hydrogen-bond donors (Lipinski definition) is 2. The number of nitrogens with one attached hydrogen (secondary N) is 1. The quantitative estimate of drug-likeness (QED) is 0.654. The maximum atomic E-state index is 11.6. The minimum atomic E-state index is -1.03. The van der Waals surface area contributed by atoms with E-state index < -0.39 is 17.6 Å². The number of carbonyl (C=O) groups excluding carboxylic acids is 2. The van der Waals surface area contributed by atoms with E-state index in [4.69, 9.17) is 10.5 Å². The lowest BCUT2D eigenvalue weighted by Crippen LogP contribution is -2.55. The van der Waals surface area contributed by atoms with Crippen molar-refractivity contribution in [3.05, 3.63) is 0 Å². The molecular weight excluding hydrogens is 208 g/mol. The monoisotopic (exact) mass is 230 g/mol. The molecule has 0 aliphatic carbocycles. The summed E-state index contributed by atoms with van der Waals surface area (Å²) in [5.74, 6) is -0.771. The molecule has 3 N–H and O–H groups in total. The summed E-state index contributed by atoms with van der Waals surface area (Å²) in [5.41, 5.74) is 4.62. The van der Waals surface area contributed by atoms with Crippen molar-refractivity contribution < 1.29 is 14.3 Å². The fraction of sp³-hybridized carbons (Fsp3) is 0.818. The average Bonchev–Trinajstić information content (AvgIpc) is 2.17. The van der Waals surface area contributed by atoms with Crippen LogP contribution in [-0.4, -0.2) is 30.1 Å². The molecule has 1 atom stereocenters. The maximum absolute atomic E-state index is 11.6. The Morgan fingerprint density at radius 1 is 1.38 bits per heavy atom. The SMILES string of the molecule is CCCC(N)C(=O)NC(C)(C)C(=O)OCC. The topological polar surface area (TPSA) is 81.4 Å². The molecule has 0 aliphatic rings. The highest BCUT2D eigenvalue weighted by Crippen LogP contribution is 2.06. The Hall–Kier alpha value is -1.10. The van der Waals surface area contributed by atoms with Crippen LogP contribution < -0.4 is 11.1 Å². The van der Waals surface area contributed by atoms with Crippen LogP contribution in [0.5, 0.6) is 0 Å². The number of esters is 1. The van der Waals surface area contributed by atoms with Crippen molar-refractivity contribution >= 4 is 11.9 Å². The van der Waals surface area contributed by atoms with E-state index in [1.165, 1.54) is 0 Å². The molecule has 0 rings (SSSR count). The van der Waals surface area contributed by atoms with Crippen molar-refractivity contribution in [2.75, 3.05) is 6.61 Å². The molecule has 0 saturated heterocycles. The molecule has 5 heteroatoms. The van der Waals surface area contributed by atoms with Crippen molar-refractivity contribution in [2.45, 2.75) is 52.1 Å². The van der Waals surface area contributed by atoms with Crippen LogP contribution in [0.2, 0.25) is 0 Å². The number of carbonyl (C=O) groups is 2. The molecule has 0 aliphatic heterocycles. The lowest BCUT2D eigenvalue weighted by molar-refractivity contribution is -0.151. The number of hydrogen-bond acceptors (Lipinski definition) is 4. The highest BCUT2D eigenvalue weighted by molar-refractivity contribution is 5.89. The number of rotatable bonds is 6. The molecule has 0 aromatic heterocycles. The third-order valence-corrected chi connectivity index (χ3v) is 2.16. The third kappa shape index (κ3) is 4.61. The standard InChI is InChI=1S/C11H22N2O3/c1-5-7-8(12)9(14)13-11(3,4)10(15)16-6-2/h8H,5-7,12H2,1-4H3,(H,13,14). The summed E-state index contributed by atoms with van der Waals surface area (Å²) < 4.78 is 4.85. The van der Waals surface area contributed by atoms with E-state index in [0.29, 0.717) is 13.0 Å². The van der Waals surface area contributed by atoms with Crippen LogP contribution in [0.15, 0.2) is 0 Å². The lowest BCUT2D eigenvalue weighted by atomic mass is 10.0. The van der Waals surface area contributed by atoms with Crippen LogP contribution >= 0.6 is 0 Å². The van der Waals surface area contributed by atoms with Crippen molar-refractivity contribution in [3.8, 4) is 0 Å². The second kappa shape index (κ2) is 6.48. The predicted octanol–water partition coefficient (Wildman–Crippen LogP) is 0.572. The Kier molecular flexibility index (Phi) is 6.03. The summed E-state index contributed by atoms with van der Waals surface area (Å²) in [5, 5.41) is 2.59. The first-order valence-corrected chi connectivity index (χ1v) is 5.60. The Labute approximate surface area is 96.7 Å². The Morgan fingerprint density at radius 2 is 1.94 bits per heavy atom. The van der Waals surface area contributed by atoms with Gasteiger partial charge in [-0.1, -0.05) is 13.3 Å². The largest absolute Gasteiger partial charge is 0.464 e. The molecule has 5 nitrogen and oxygen atoms in total. The van der Waals surface area contributed by atoms with Gasteiger partial charge in [-0.05, 0) is 27.2 Å². The molecule has 0 aromatic carbocycles. The van der Waals surface area contributed by atoms with E-state index in [0.717, 1.165) is 6.42 Å². The van der Waals surface area contributed by atoms with Gasteiger partial charge in [-0.15, -0.1) is 0 Å². The Bertz CT molecular complexity index is 252. The van der Waals surface area contributed by atoms with Gasteiger partial charge in [-0.3, -0.25) is 4.79 Å². The van der Waals surface area contributed by atoms with E-state index in [1.807, 2.05) is 6.92 Å². The van der Waals surface area contributed by atoms with Gasteiger partial charge in [0.15, 0.2) is 0 Å². The molecule has 16 heavy (non-hydrogen) atoms. The average molecular weight is 230 g/mol. The van der Waals surface area contributed by atoms with Crippen LogP contribution in [0.3, 0.4) is 0 Å². The van der Waals surface area contributed by atoms with Crippen LogP contribution in [-0.2, 0) is 14.3 Å². The summed E-state index contributed by atoms with van der Waals surface area (Å²) in [6.45, 7) is 7.16. The van der Waals surface area contributed by atoms with E-state index in [9.17, 15) is 9.59 Å². The molecule has 94 valence electrons. The van der Waals surface area contributed by atoms with Crippen molar-refractivity contribution in [1.82, 2.24) is 5.32 Å². The van der Waals surface area contributed by atoms with Crippen LogP contribution in [0.25, 0.3) is 0 Å². The van der Waals surface area contributed by atoms with Crippen molar-refractivity contribution in [1.29, 1.82) is 0 Å². The first kappa shape index (κ1) is 14.9. The molecule has 0 spiro atoms. The van der Waals surface area contributed by atoms with Gasteiger partial charge < -0.3 is 15.8 Å². The Balaban J connectivity index is 4.35. The summed E-state index contributed by atoms with van der Waals surface area (Å²) in [7, 11) is 0. The third-order valence-electron chi connectivity index (χ3n) is 2.16. The normalized spacial score (nSPS) is 13.1. The fourth-order valence-electron chi connectivity index (χ4n) is 1.21. The number of ether oxygens (including phenoxy) is 1. The van der Waals surface area contributed by atoms with Gasteiger partial charge in [-0.25, -0.2) is 4.79 Å². The van der Waals surface area contributed by atoms with Crippen molar-refractivity contribution in [3.63, 3.8) is 0 Å². The van der Waals surface area contributed by atoms with Crippen molar-refractivity contribution in [2.24, 2.45) is 5.73 Å². The minimum Gasteiger partial charge on any atom is -0.464 e. The molecule has 0 heterocycles. The fourth-order valence-corrected chi connectivity index (χ4v) is 1.21. The number of nitrogens with two attached hydrogens (primary N) is 1. The molecular formula is C11H22N2O3. The number of amides is 1. The van der Waals surface area contributed by atoms with E-state index in [1.54, 1.807) is 20.8 Å². The van der Waals surface area contributed by atoms with Gasteiger partial charge in [-0.2, -0.15) is 0 Å². The maximum Gasteiger partial charge on any atom is 0.331 e. The first-order valence-electron chi connectivity index (χ1n) is 5.60. The van der Waals surface area contributed by atoms with Gasteiger partial charge in [0, 0.05) is 0 Å². The van der Waals surface area contributed by atoms with E-state index in [2.05, 4.69) is 5.32 Å². The van der Waals surface area contributed by atoms with Gasteiger partial charge in [0.25, 0.3) is 0 Å². The van der Waals surface area contributed by atoms with E-state index >= 15 is 0 Å². The minimum absolute atomic E-state index is 0.291. The van der Waals surface area contributed by atoms with Crippen LogP contribution in [0.4, 0.5) is 0 Å². The molecule has 1 amide bonds. The predicted molar refractivity (Wildman–Crippen MR) is 61.7 cm³/mol. The highest BCUT2D eigenvalue weighted by atomic mass is 16.5. The summed E-state index contributed by atoms with van der Waals surface area (Å²) >= 11 is 0. The van der Waals surface area contributed by atoms with Gasteiger partial charge in [0.05, 0.1) is 12.6 Å². The molecule has 1 unspecified atom stereocenters. The second-order valence-electron chi connectivity index (χ2n) is 4.23. The van der Waals surface area contributed by atoms with Crippen LogP contribution in [0, 0.1) is 0 Å². The summed E-state index contributed by atoms with van der Waals surface area (Å²) in [6.07, 6.45) is 1.43. The zero-order valence-corrected chi connectivity index (χ0v) is 10.5. The molecule has 0 fully saturated rings. The zero-order chi connectivity index (χ0) is 12.8. The highest BCUT2D eigenvalue weighted by Gasteiger charge is 2.32. The molecule has 0 saturated carbocycles. The summed E-state index contributed by atoms with van der Waals surface area (Å²) in [4.78, 5) is 23.1. The second-order valence-corrected chi connectivity index (χ2v) is 4.23. The molecule has 0 bridgehead atoms. The van der Waals surface area contributed by atoms with Gasteiger partial charge >= 0.3 is 5.97 Å². The Morgan fingerprint density at radius 3 is 2.38 bits per heavy atom. The van der Waals surface area contributed by atoms with Gasteiger partial charge in [0.2, 0.25) is 5.91 Å². The lowest BCUT2D eigenvalue weighted by Gasteiger charge is -2.25. The van der Waals surface area contributed by atoms with Crippen LogP contribution in [0.1, 0.15) is 40.5 Å². The zero-order valence-electron chi connectivity index (χ0n) is 10.5.